The molecule has 1 heterocycles. The summed E-state index contributed by atoms with van der Waals surface area (Å²) in [5.41, 5.74) is 1.14. The van der Waals surface area contributed by atoms with Crippen LogP contribution in [-0.2, 0) is 11.3 Å². The monoisotopic (exact) mass is 241 g/mol. The Morgan fingerprint density at radius 3 is 2.88 bits per heavy atom. The van der Waals surface area contributed by atoms with Crippen LogP contribution in [0.15, 0.2) is 12.4 Å². The van der Waals surface area contributed by atoms with Crippen molar-refractivity contribution in [1.29, 1.82) is 0 Å². The Bertz CT molecular complexity index is 314. The molecule has 0 fully saturated rings. The minimum absolute atomic E-state index is 0.0647. The van der Waals surface area contributed by atoms with Gasteiger partial charge in [-0.25, -0.2) is 0 Å². The van der Waals surface area contributed by atoms with Crippen LogP contribution in [0.4, 0.5) is 0 Å². The van der Waals surface area contributed by atoms with E-state index in [1.165, 1.54) is 0 Å². The Hall–Kier alpha value is -0.910. The van der Waals surface area contributed by atoms with E-state index in [-0.39, 0.29) is 18.7 Å². The molecule has 0 saturated carbocycles. The summed E-state index contributed by atoms with van der Waals surface area (Å²) < 4.78 is 6.91. The van der Waals surface area contributed by atoms with Crippen molar-refractivity contribution in [2.45, 2.75) is 38.9 Å². The molecule has 0 amide bonds. The van der Waals surface area contributed by atoms with E-state index in [2.05, 4.69) is 24.3 Å². The number of hydrogen-bond donors (Lipinski definition) is 2. The highest BCUT2D eigenvalue weighted by Gasteiger charge is 2.13. The number of ether oxygens (including phenoxy) is 1. The highest BCUT2D eigenvalue weighted by Crippen LogP contribution is 2.12. The van der Waals surface area contributed by atoms with Crippen LogP contribution in [0.3, 0.4) is 0 Å². The Kier molecular flexibility index (Phi) is 6.18. The van der Waals surface area contributed by atoms with Crippen molar-refractivity contribution < 1.29 is 9.84 Å². The predicted octanol–water partition coefficient (Wildman–Crippen LogP) is 0.951. The fraction of sp³-hybridized carbons (Fsp3) is 0.750. The molecule has 1 rings (SSSR count). The topological polar surface area (TPSA) is 59.3 Å². The van der Waals surface area contributed by atoms with Crippen LogP contribution in [0.25, 0.3) is 0 Å². The number of aromatic nitrogens is 2. The lowest BCUT2D eigenvalue weighted by molar-refractivity contribution is 0.156. The van der Waals surface area contributed by atoms with Gasteiger partial charge in [-0.2, -0.15) is 5.10 Å². The largest absolute Gasteiger partial charge is 0.395 e. The zero-order valence-electron chi connectivity index (χ0n) is 10.9. The van der Waals surface area contributed by atoms with Gasteiger partial charge in [-0.15, -0.1) is 0 Å². The van der Waals surface area contributed by atoms with E-state index in [0.717, 1.165) is 18.5 Å². The first-order chi connectivity index (χ1) is 8.21. The van der Waals surface area contributed by atoms with Crippen LogP contribution in [0.5, 0.6) is 0 Å². The molecular weight excluding hydrogens is 218 g/mol. The fourth-order valence-corrected chi connectivity index (χ4v) is 1.71. The fourth-order valence-electron chi connectivity index (χ4n) is 1.71. The summed E-state index contributed by atoms with van der Waals surface area (Å²) in [6, 6.07) is 0.249. The number of aliphatic hydroxyl groups excluding tert-OH is 1. The van der Waals surface area contributed by atoms with Crippen LogP contribution >= 0.6 is 0 Å². The third-order valence-electron chi connectivity index (χ3n) is 2.85. The average molecular weight is 241 g/mol. The quantitative estimate of drug-likeness (QED) is 0.711. The summed E-state index contributed by atoms with van der Waals surface area (Å²) >= 11 is 0. The second-order valence-corrected chi connectivity index (χ2v) is 4.18. The minimum atomic E-state index is 0.0647. The second-order valence-electron chi connectivity index (χ2n) is 4.18. The molecule has 5 heteroatoms. The SMILES string of the molecule is CCn1cc(C(C)NC(CO)CCOC)cn1. The summed E-state index contributed by atoms with van der Waals surface area (Å²) in [4.78, 5) is 0. The van der Waals surface area contributed by atoms with E-state index < -0.39 is 0 Å². The van der Waals surface area contributed by atoms with Crippen LogP contribution < -0.4 is 5.32 Å². The third kappa shape index (κ3) is 4.46. The summed E-state index contributed by atoms with van der Waals surface area (Å²) in [5.74, 6) is 0. The van der Waals surface area contributed by atoms with E-state index in [4.69, 9.17) is 4.74 Å². The maximum atomic E-state index is 9.26. The molecule has 0 aliphatic heterocycles. The van der Waals surface area contributed by atoms with Gasteiger partial charge in [-0.1, -0.05) is 0 Å². The van der Waals surface area contributed by atoms with Crippen LogP contribution in [-0.4, -0.2) is 41.3 Å². The first-order valence-electron chi connectivity index (χ1n) is 6.09. The molecule has 98 valence electrons. The number of aryl methyl sites for hydroxylation is 1. The van der Waals surface area contributed by atoms with Crippen LogP contribution in [0, 0.1) is 0 Å². The van der Waals surface area contributed by atoms with Gasteiger partial charge in [0.25, 0.3) is 0 Å². The smallest absolute Gasteiger partial charge is 0.0585 e. The molecule has 17 heavy (non-hydrogen) atoms. The molecule has 0 aliphatic carbocycles. The van der Waals surface area contributed by atoms with Gasteiger partial charge in [0.05, 0.1) is 12.8 Å². The van der Waals surface area contributed by atoms with Crippen molar-refractivity contribution in [2.24, 2.45) is 0 Å². The molecule has 0 aromatic carbocycles. The molecule has 2 N–H and O–H groups in total. The molecule has 1 aromatic rings. The third-order valence-corrected chi connectivity index (χ3v) is 2.85. The Balaban J connectivity index is 2.48. The van der Waals surface area contributed by atoms with Crippen molar-refractivity contribution in [3.05, 3.63) is 18.0 Å². The Morgan fingerprint density at radius 2 is 2.35 bits per heavy atom. The highest BCUT2D eigenvalue weighted by atomic mass is 16.5. The van der Waals surface area contributed by atoms with Crippen molar-refractivity contribution in [2.75, 3.05) is 20.3 Å². The summed E-state index contributed by atoms with van der Waals surface area (Å²) in [6.07, 6.45) is 4.70. The molecule has 5 nitrogen and oxygen atoms in total. The van der Waals surface area contributed by atoms with Gasteiger partial charge in [0, 0.05) is 44.1 Å². The lowest BCUT2D eigenvalue weighted by Gasteiger charge is -2.20. The molecule has 0 aliphatic rings. The molecular formula is C12H23N3O2. The zero-order valence-corrected chi connectivity index (χ0v) is 10.9. The summed E-state index contributed by atoms with van der Waals surface area (Å²) in [5, 5.41) is 16.9. The molecule has 2 atom stereocenters. The van der Waals surface area contributed by atoms with Gasteiger partial charge in [0.15, 0.2) is 0 Å². The van der Waals surface area contributed by atoms with Gasteiger partial charge < -0.3 is 15.2 Å². The van der Waals surface area contributed by atoms with Crippen LogP contribution in [0.2, 0.25) is 0 Å². The molecule has 0 spiro atoms. The average Bonchev–Trinajstić information content (AvgIpc) is 2.83. The van der Waals surface area contributed by atoms with Crippen LogP contribution in [0.1, 0.15) is 31.9 Å². The minimum Gasteiger partial charge on any atom is -0.395 e. The zero-order chi connectivity index (χ0) is 12.7. The Morgan fingerprint density at radius 1 is 1.59 bits per heavy atom. The lowest BCUT2D eigenvalue weighted by atomic mass is 10.1. The van der Waals surface area contributed by atoms with Gasteiger partial charge in [-0.05, 0) is 20.3 Å². The normalized spacial score (nSPS) is 14.8. The number of methoxy groups -OCH3 is 1. The van der Waals surface area contributed by atoms with Gasteiger partial charge >= 0.3 is 0 Å². The van der Waals surface area contributed by atoms with Gasteiger partial charge in [0.1, 0.15) is 0 Å². The molecule has 0 bridgehead atoms. The molecule has 1 aromatic heterocycles. The lowest BCUT2D eigenvalue weighted by Crippen LogP contribution is -2.35. The first-order valence-corrected chi connectivity index (χ1v) is 6.09. The van der Waals surface area contributed by atoms with E-state index in [1.807, 2.05) is 17.1 Å². The van der Waals surface area contributed by atoms with E-state index in [9.17, 15) is 5.11 Å². The van der Waals surface area contributed by atoms with E-state index in [0.29, 0.717) is 6.61 Å². The Labute approximate surface area is 103 Å². The first kappa shape index (κ1) is 14.2. The van der Waals surface area contributed by atoms with E-state index >= 15 is 0 Å². The maximum absolute atomic E-state index is 9.26. The molecule has 0 saturated heterocycles. The predicted molar refractivity (Wildman–Crippen MR) is 66.8 cm³/mol. The van der Waals surface area contributed by atoms with Gasteiger partial charge in [-0.3, -0.25) is 4.68 Å². The van der Waals surface area contributed by atoms with Gasteiger partial charge in [0.2, 0.25) is 0 Å². The standard InChI is InChI=1S/C12H23N3O2/c1-4-15-8-11(7-13-15)10(2)14-12(9-16)5-6-17-3/h7-8,10,12,14,16H,4-6,9H2,1-3H3. The number of hydrogen-bond acceptors (Lipinski definition) is 4. The number of nitrogens with zero attached hydrogens (tertiary/aromatic N) is 2. The maximum Gasteiger partial charge on any atom is 0.0585 e. The summed E-state index contributed by atoms with van der Waals surface area (Å²) in [6.45, 7) is 5.78. The van der Waals surface area contributed by atoms with Crippen molar-refractivity contribution >= 4 is 0 Å². The van der Waals surface area contributed by atoms with E-state index in [1.54, 1.807) is 7.11 Å². The van der Waals surface area contributed by atoms with Crippen molar-refractivity contribution in [3.63, 3.8) is 0 Å². The number of rotatable bonds is 8. The summed E-state index contributed by atoms with van der Waals surface area (Å²) in [7, 11) is 1.67. The molecule has 0 radical (unpaired) electrons. The number of aliphatic hydroxyl groups is 1. The highest BCUT2D eigenvalue weighted by molar-refractivity contribution is 5.09. The van der Waals surface area contributed by atoms with Crippen molar-refractivity contribution in [1.82, 2.24) is 15.1 Å². The second kappa shape index (κ2) is 7.42. The van der Waals surface area contributed by atoms with Crippen molar-refractivity contribution in [3.8, 4) is 0 Å². The number of nitrogens with one attached hydrogen (secondary N) is 1. The molecule has 2 unspecified atom stereocenters.